The highest BCUT2D eigenvalue weighted by atomic mass is 16.5. The van der Waals surface area contributed by atoms with E-state index in [-0.39, 0.29) is 5.91 Å². The summed E-state index contributed by atoms with van der Waals surface area (Å²) in [5.41, 5.74) is 0. The van der Waals surface area contributed by atoms with E-state index in [0.29, 0.717) is 19.1 Å². The summed E-state index contributed by atoms with van der Waals surface area (Å²) in [5.74, 6) is 0.269. The van der Waals surface area contributed by atoms with Gasteiger partial charge in [-0.05, 0) is 19.3 Å². The summed E-state index contributed by atoms with van der Waals surface area (Å²) in [4.78, 5) is 14.0. The van der Waals surface area contributed by atoms with E-state index in [2.05, 4.69) is 11.8 Å². The first kappa shape index (κ1) is 12.5. The van der Waals surface area contributed by atoms with Crippen molar-refractivity contribution in [2.24, 2.45) is 0 Å². The van der Waals surface area contributed by atoms with Crippen molar-refractivity contribution in [3.8, 4) is 0 Å². The fraction of sp³-hybridized carbons (Fsp3) is 0.917. The number of hydrogen-bond acceptors (Lipinski definition) is 2. The van der Waals surface area contributed by atoms with Gasteiger partial charge in [0, 0.05) is 19.7 Å². The summed E-state index contributed by atoms with van der Waals surface area (Å²) in [7, 11) is 1.65. The van der Waals surface area contributed by atoms with Crippen molar-refractivity contribution >= 4 is 5.91 Å². The number of hydrogen-bond donors (Lipinski definition) is 0. The number of rotatable bonds is 4. The van der Waals surface area contributed by atoms with E-state index in [1.807, 2.05) is 0 Å². The Kier molecular flexibility index (Phi) is 5.69. The molecule has 0 spiro atoms. The van der Waals surface area contributed by atoms with Gasteiger partial charge in [0.15, 0.2) is 0 Å². The Labute approximate surface area is 92.8 Å². The van der Waals surface area contributed by atoms with Gasteiger partial charge in [-0.1, -0.05) is 19.8 Å². The normalized spacial score (nSPS) is 22.5. The van der Waals surface area contributed by atoms with Crippen LogP contribution < -0.4 is 0 Å². The Morgan fingerprint density at radius 2 is 2.20 bits per heavy atom. The van der Waals surface area contributed by atoms with Crippen molar-refractivity contribution in [1.29, 1.82) is 0 Å². The number of likely N-dealkylation sites (tertiary alicyclic amines) is 1. The molecule has 1 saturated heterocycles. The minimum Gasteiger partial charge on any atom is -0.384 e. The third kappa shape index (κ3) is 3.82. The number of carbonyl (C=O) groups is 1. The third-order valence-electron chi connectivity index (χ3n) is 3.19. The molecule has 3 nitrogen and oxygen atoms in total. The first-order valence-electron chi connectivity index (χ1n) is 6.08. The highest BCUT2D eigenvalue weighted by Gasteiger charge is 2.23. The lowest BCUT2D eigenvalue weighted by atomic mass is 10.1. The van der Waals surface area contributed by atoms with Gasteiger partial charge in [-0.2, -0.15) is 0 Å². The largest absolute Gasteiger partial charge is 0.384 e. The van der Waals surface area contributed by atoms with Gasteiger partial charge in [0.05, 0.1) is 13.0 Å². The maximum Gasteiger partial charge on any atom is 0.225 e. The molecule has 0 N–H and O–H groups in total. The van der Waals surface area contributed by atoms with Crippen molar-refractivity contribution in [1.82, 2.24) is 4.90 Å². The zero-order chi connectivity index (χ0) is 11.1. The first-order valence-corrected chi connectivity index (χ1v) is 6.08. The summed E-state index contributed by atoms with van der Waals surface area (Å²) < 4.78 is 4.96. The van der Waals surface area contributed by atoms with Crippen molar-refractivity contribution in [3.63, 3.8) is 0 Å². The SMILES string of the molecule is CCC1CCCCCN1C(=O)CCOC. The molecule has 0 radical (unpaired) electrons. The molecule has 3 heteroatoms. The molecule has 1 amide bonds. The van der Waals surface area contributed by atoms with Crippen LogP contribution in [0.25, 0.3) is 0 Å². The lowest BCUT2D eigenvalue weighted by Crippen LogP contribution is -2.40. The number of ether oxygens (including phenoxy) is 1. The molecule has 0 aromatic heterocycles. The second-order valence-corrected chi connectivity index (χ2v) is 4.24. The molecule has 0 bridgehead atoms. The van der Waals surface area contributed by atoms with Crippen LogP contribution in [-0.4, -0.2) is 37.1 Å². The maximum atomic E-state index is 11.9. The van der Waals surface area contributed by atoms with Crippen molar-refractivity contribution in [2.45, 2.75) is 51.5 Å². The highest BCUT2D eigenvalue weighted by molar-refractivity contribution is 5.76. The fourth-order valence-corrected chi connectivity index (χ4v) is 2.26. The van der Waals surface area contributed by atoms with Gasteiger partial charge in [-0.15, -0.1) is 0 Å². The minimum absolute atomic E-state index is 0.269. The average Bonchev–Trinajstić information content (AvgIpc) is 2.50. The van der Waals surface area contributed by atoms with Crippen molar-refractivity contribution < 1.29 is 9.53 Å². The van der Waals surface area contributed by atoms with Crippen LogP contribution >= 0.6 is 0 Å². The third-order valence-corrected chi connectivity index (χ3v) is 3.19. The van der Waals surface area contributed by atoms with Gasteiger partial charge in [-0.3, -0.25) is 4.79 Å². The van der Waals surface area contributed by atoms with Crippen LogP contribution in [0.15, 0.2) is 0 Å². The van der Waals surface area contributed by atoms with E-state index in [1.54, 1.807) is 7.11 Å². The Morgan fingerprint density at radius 1 is 1.40 bits per heavy atom. The van der Waals surface area contributed by atoms with Crippen molar-refractivity contribution in [2.75, 3.05) is 20.3 Å². The molecule has 0 aliphatic carbocycles. The molecule has 1 atom stereocenters. The fourth-order valence-electron chi connectivity index (χ4n) is 2.26. The molecular weight excluding hydrogens is 190 g/mol. The van der Waals surface area contributed by atoms with Gasteiger partial charge >= 0.3 is 0 Å². The van der Waals surface area contributed by atoms with Crippen molar-refractivity contribution in [3.05, 3.63) is 0 Å². The van der Waals surface area contributed by atoms with E-state index < -0.39 is 0 Å². The number of amides is 1. The average molecular weight is 213 g/mol. The van der Waals surface area contributed by atoms with Crippen LogP contribution in [0.1, 0.15) is 45.4 Å². The highest BCUT2D eigenvalue weighted by Crippen LogP contribution is 2.19. The first-order chi connectivity index (χ1) is 7.29. The van der Waals surface area contributed by atoms with E-state index in [0.717, 1.165) is 19.4 Å². The number of nitrogens with zero attached hydrogens (tertiary/aromatic N) is 1. The van der Waals surface area contributed by atoms with Crippen LogP contribution in [0, 0.1) is 0 Å². The molecule has 88 valence electrons. The molecule has 0 aromatic rings. The topological polar surface area (TPSA) is 29.5 Å². The second-order valence-electron chi connectivity index (χ2n) is 4.24. The van der Waals surface area contributed by atoms with Crippen LogP contribution in [-0.2, 0) is 9.53 Å². The van der Waals surface area contributed by atoms with Gasteiger partial charge in [0.1, 0.15) is 0 Å². The summed E-state index contributed by atoms with van der Waals surface area (Å²) in [6, 6.07) is 0.469. The van der Waals surface area contributed by atoms with Gasteiger partial charge in [0.2, 0.25) is 5.91 Å². The number of carbonyl (C=O) groups excluding carboxylic acids is 1. The molecule has 1 heterocycles. The molecule has 0 aromatic carbocycles. The Balaban J connectivity index is 2.49. The van der Waals surface area contributed by atoms with Crippen LogP contribution in [0.2, 0.25) is 0 Å². The maximum absolute atomic E-state index is 11.9. The van der Waals surface area contributed by atoms with Crippen LogP contribution in [0.3, 0.4) is 0 Å². The van der Waals surface area contributed by atoms with Gasteiger partial charge < -0.3 is 9.64 Å². The second kappa shape index (κ2) is 6.83. The predicted octanol–water partition coefficient (Wildman–Crippen LogP) is 2.20. The minimum atomic E-state index is 0.269. The van der Waals surface area contributed by atoms with Crippen LogP contribution in [0.4, 0.5) is 0 Å². The molecule has 1 rings (SSSR count). The van der Waals surface area contributed by atoms with Gasteiger partial charge in [0.25, 0.3) is 0 Å². The van der Waals surface area contributed by atoms with Gasteiger partial charge in [-0.25, -0.2) is 0 Å². The van der Waals surface area contributed by atoms with E-state index in [9.17, 15) is 4.79 Å². The zero-order valence-electron chi connectivity index (χ0n) is 10.00. The predicted molar refractivity (Wildman–Crippen MR) is 60.8 cm³/mol. The molecule has 0 saturated carbocycles. The molecule has 1 unspecified atom stereocenters. The lowest BCUT2D eigenvalue weighted by molar-refractivity contribution is -0.134. The lowest BCUT2D eigenvalue weighted by Gasteiger charge is -2.29. The van der Waals surface area contributed by atoms with Crippen LogP contribution in [0.5, 0.6) is 0 Å². The Bertz CT molecular complexity index is 194. The Morgan fingerprint density at radius 3 is 2.87 bits per heavy atom. The molecule has 1 aliphatic heterocycles. The van der Waals surface area contributed by atoms with E-state index in [4.69, 9.17) is 4.74 Å². The monoisotopic (exact) mass is 213 g/mol. The summed E-state index contributed by atoms with van der Waals surface area (Å²) in [5, 5.41) is 0. The quantitative estimate of drug-likeness (QED) is 0.716. The molecular formula is C12H23NO2. The summed E-state index contributed by atoms with van der Waals surface area (Å²) in [6.45, 7) is 3.67. The van der Waals surface area contributed by atoms with E-state index >= 15 is 0 Å². The van der Waals surface area contributed by atoms with E-state index in [1.165, 1.54) is 19.3 Å². The summed E-state index contributed by atoms with van der Waals surface area (Å²) in [6.07, 6.45) is 6.49. The summed E-state index contributed by atoms with van der Waals surface area (Å²) >= 11 is 0. The molecule has 15 heavy (non-hydrogen) atoms. The number of methoxy groups -OCH3 is 1. The smallest absolute Gasteiger partial charge is 0.225 e. The molecule has 1 fully saturated rings. The standard InChI is InChI=1S/C12H23NO2/c1-3-11-7-5-4-6-9-13(11)12(14)8-10-15-2/h11H,3-10H2,1-2H3. The molecule has 1 aliphatic rings. The zero-order valence-corrected chi connectivity index (χ0v) is 10.00. The Hall–Kier alpha value is -0.570.